The number of likely N-dealkylation sites (N-methyl/N-ethyl adjacent to an activating group) is 1. The lowest BCUT2D eigenvalue weighted by Crippen LogP contribution is -2.51. The zero-order valence-electron chi connectivity index (χ0n) is 17.9. The molecule has 2 N–H and O–H groups in total. The second kappa shape index (κ2) is 13.2. The molecule has 2 aliphatic rings. The highest BCUT2D eigenvalue weighted by Crippen LogP contribution is 2.26. The van der Waals surface area contributed by atoms with Gasteiger partial charge in [-0.1, -0.05) is 6.92 Å². The van der Waals surface area contributed by atoms with Crippen molar-refractivity contribution < 1.29 is 4.74 Å². The van der Waals surface area contributed by atoms with Gasteiger partial charge in [0.05, 0.1) is 6.54 Å². The molecular weight excluding hydrogens is 453 g/mol. The van der Waals surface area contributed by atoms with Crippen LogP contribution in [0.15, 0.2) is 4.99 Å². The molecule has 160 valence electrons. The predicted octanol–water partition coefficient (Wildman–Crippen LogP) is 2.39. The molecule has 2 heterocycles. The summed E-state index contributed by atoms with van der Waals surface area (Å²) in [6, 6.07) is 0. The van der Waals surface area contributed by atoms with Gasteiger partial charge in [-0.25, -0.2) is 0 Å². The summed E-state index contributed by atoms with van der Waals surface area (Å²) in [5, 5.41) is 6.93. The number of piperidine rings is 1. The standard InChI is InChI=1S/C20H41N5O.HI/c1-5-21-19(22-11-6-12-25-13-7-18(2)8-14-25)23-17-20(24(3)4)9-15-26-16-10-20;/h18H,5-17H2,1-4H3,(H2,21,22,23);1H. The molecular formula is C20H42IN5O. The zero-order valence-corrected chi connectivity index (χ0v) is 20.3. The van der Waals surface area contributed by atoms with Crippen molar-refractivity contribution in [3.05, 3.63) is 0 Å². The molecule has 0 unspecified atom stereocenters. The maximum absolute atomic E-state index is 5.56. The fourth-order valence-electron chi connectivity index (χ4n) is 3.86. The lowest BCUT2D eigenvalue weighted by molar-refractivity contribution is -0.00254. The molecule has 0 aromatic rings. The van der Waals surface area contributed by atoms with E-state index in [0.717, 1.165) is 57.6 Å². The number of hydrogen-bond donors (Lipinski definition) is 2. The Balaban J connectivity index is 0.00000364. The van der Waals surface area contributed by atoms with Crippen LogP contribution >= 0.6 is 24.0 Å². The van der Waals surface area contributed by atoms with Crippen LogP contribution < -0.4 is 10.6 Å². The normalized spacial score (nSPS) is 21.7. The molecule has 0 bridgehead atoms. The number of likely N-dealkylation sites (tertiary alicyclic amines) is 1. The van der Waals surface area contributed by atoms with E-state index in [-0.39, 0.29) is 29.5 Å². The summed E-state index contributed by atoms with van der Waals surface area (Å²) in [6.45, 7) is 12.6. The highest BCUT2D eigenvalue weighted by Gasteiger charge is 2.34. The Morgan fingerprint density at radius 2 is 1.85 bits per heavy atom. The van der Waals surface area contributed by atoms with E-state index in [4.69, 9.17) is 9.73 Å². The number of rotatable bonds is 8. The fourth-order valence-corrected chi connectivity index (χ4v) is 3.86. The molecule has 0 amide bonds. The van der Waals surface area contributed by atoms with E-state index >= 15 is 0 Å². The number of halogens is 1. The van der Waals surface area contributed by atoms with Gasteiger partial charge < -0.3 is 25.2 Å². The molecule has 2 saturated heterocycles. The van der Waals surface area contributed by atoms with Crippen LogP contribution in [-0.4, -0.2) is 87.9 Å². The van der Waals surface area contributed by atoms with Crippen LogP contribution in [0.3, 0.4) is 0 Å². The number of ether oxygens (including phenoxy) is 1. The summed E-state index contributed by atoms with van der Waals surface area (Å²) in [5.41, 5.74) is 0.130. The highest BCUT2D eigenvalue weighted by atomic mass is 127. The van der Waals surface area contributed by atoms with Crippen LogP contribution in [0.2, 0.25) is 0 Å². The van der Waals surface area contributed by atoms with E-state index in [9.17, 15) is 0 Å². The van der Waals surface area contributed by atoms with Gasteiger partial charge in [0.25, 0.3) is 0 Å². The van der Waals surface area contributed by atoms with Crippen LogP contribution in [0.5, 0.6) is 0 Å². The predicted molar refractivity (Wildman–Crippen MR) is 125 cm³/mol. The molecule has 0 saturated carbocycles. The molecule has 2 aliphatic heterocycles. The third kappa shape index (κ3) is 8.41. The minimum Gasteiger partial charge on any atom is -0.381 e. The van der Waals surface area contributed by atoms with Crippen LogP contribution in [-0.2, 0) is 4.74 Å². The molecule has 0 aromatic carbocycles. The van der Waals surface area contributed by atoms with Crippen molar-refractivity contribution >= 4 is 29.9 Å². The molecule has 2 rings (SSSR count). The summed E-state index contributed by atoms with van der Waals surface area (Å²) >= 11 is 0. The second-order valence-corrected chi connectivity index (χ2v) is 8.23. The van der Waals surface area contributed by atoms with Crippen molar-refractivity contribution in [3.8, 4) is 0 Å². The van der Waals surface area contributed by atoms with Crippen molar-refractivity contribution in [1.82, 2.24) is 20.4 Å². The molecule has 0 aromatic heterocycles. The minimum atomic E-state index is 0. The average molecular weight is 495 g/mol. The van der Waals surface area contributed by atoms with E-state index < -0.39 is 0 Å². The number of nitrogens with one attached hydrogen (secondary N) is 2. The van der Waals surface area contributed by atoms with Gasteiger partial charge >= 0.3 is 0 Å². The maximum Gasteiger partial charge on any atom is 0.191 e. The fraction of sp³-hybridized carbons (Fsp3) is 0.950. The third-order valence-electron chi connectivity index (χ3n) is 6.07. The second-order valence-electron chi connectivity index (χ2n) is 8.23. The molecule has 6 nitrogen and oxygen atoms in total. The number of nitrogens with zero attached hydrogens (tertiary/aromatic N) is 3. The van der Waals surface area contributed by atoms with Crippen molar-refractivity contribution in [1.29, 1.82) is 0 Å². The van der Waals surface area contributed by atoms with Gasteiger partial charge in [-0.2, -0.15) is 0 Å². The van der Waals surface area contributed by atoms with Gasteiger partial charge in [-0.05, 0) is 78.7 Å². The van der Waals surface area contributed by atoms with Crippen LogP contribution in [0.25, 0.3) is 0 Å². The van der Waals surface area contributed by atoms with Gasteiger partial charge in [-0.15, -0.1) is 24.0 Å². The van der Waals surface area contributed by atoms with Crippen molar-refractivity contribution in [2.75, 3.05) is 66.6 Å². The van der Waals surface area contributed by atoms with Crippen molar-refractivity contribution in [2.24, 2.45) is 10.9 Å². The molecule has 0 atom stereocenters. The Morgan fingerprint density at radius 1 is 1.19 bits per heavy atom. The Labute approximate surface area is 183 Å². The average Bonchev–Trinajstić information content (AvgIpc) is 2.65. The Morgan fingerprint density at radius 3 is 2.44 bits per heavy atom. The van der Waals surface area contributed by atoms with Crippen LogP contribution in [0.4, 0.5) is 0 Å². The number of hydrogen-bond acceptors (Lipinski definition) is 4. The van der Waals surface area contributed by atoms with Crippen molar-refractivity contribution in [2.45, 2.75) is 51.5 Å². The Hall–Kier alpha value is -0.120. The van der Waals surface area contributed by atoms with E-state index in [1.54, 1.807) is 0 Å². The summed E-state index contributed by atoms with van der Waals surface area (Å²) in [4.78, 5) is 9.85. The van der Waals surface area contributed by atoms with E-state index in [2.05, 4.69) is 48.4 Å². The molecule has 0 spiro atoms. The first kappa shape index (κ1) is 24.9. The molecule has 0 aliphatic carbocycles. The summed E-state index contributed by atoms with van der Waals surface area (Å²) in [5.74, 6) is 1.86. The van der Waals surface area contributed by atoms with Crippen LogP contribution in [0, 0.1) is 5.92 Å². The highest BCUT2D eigenvalue weighted by molar-refractivity contribution is 14.0. The van der Waals surface area contributed by atoms with Gasteiger partial charge in [-0.3, -0.25) is 4.99 Å². The van der Waals surface area contributed by atoms with Crippen LogP contribution in [0.1, 0.15) is 46.0 Å². The zero-order chi connectivity index (χ0) is 18.8. The number of aliphatic imine (C=N–C) groups is 1. The topological polar surface area (TPSA) is 52.1 Å². The smallest absolute Gasteiger partial charge is 0.191 e. The van der Waals surface area contributed by atoms with E-state index in [0.29, 0.717) is 0 Å². The van der Waals surface area contributed by atoms with Gasteiger partial charge in [0.2, 0.25) is 0 Å². The molecule has 2 fully saturated rings. The summed E-state index contributed by atoms with van der Waals surface area (Å²) in [6.07, 6.45) is 5.99. The van der Waals surface area contributed by atoms with Gasteiger partial charge in [0.1, 0.15) is 0 Å². The first-order valence-corrected chi connectivity index (χ1v) is 10.6. The third-order valence-corrected chi connectivity index (χ3v) is 6.07. The largest absolute Gasteiger partial charge is 0.381 e. The van der Waals surface area contributed by atoms with Crippen molar-refractivity contribution in [3.63, 3.8) is 0 Å². The van der Waals surface area contributed by atoms with Gasteiger partial charge in [0.15, 0.2) is 5.96 Å². The Kier molecular flexibility index (Phi) is 12.2. The SMILES string of the molecule is CCNC(=NCC1(N(C)C)CCOCC1)NCCCN1CCC(C)CC1.I. The Bertz CT molecular complexity index is 419. The maximum atomic E-state index is 5.56. The lowest BCUT2D eigenvalue weighted by atomic mass is 9.89. The quantitative estimate of drug-likeness (QED) is 0.235. The lowest BCUT2D eigenvalue weighted by Gasteiger charge is -2.41. The summed E-state index contributed by atoms with van der Waals surface area (Å²) in [7, 11) is 4.33. The number of guanidine groups is 1. The monoisotopic (exact) mass is 495 g/mol. The molecule has 0 radical (unpaired) electrons. The summed E-state index contributed by atoms with van der Waals surface area (Å²) < 4.78 is 5.56. The first-order chi connectivity index (χ1) is 12.6. The molecule has 7 heteroatoms. The first-order valence-electron chi connectivity index (χ1n) is 10.6. The molecule has 27 heavy (non-hydrogen) atoms. The van der Waals surface area contributed by atoms with Gasteiger partial charge in [0, 0.05) is 31.8 Å². The van der Waals surface area contributed by atoms with E-state index in [1.807, 2.05) is 0 Å². The van der Waals surface area contributed by atoms with E-state index in [1.165, 1.54) is 38.9 Å². The minimum absolute atomic E-state index is 0.